The summed E-state index contributed by atoms with van der Waals surface area (Å²) in [6, 6.07) is 19.9. The van der Waals surface area contributed by atoms with Gasteiger partial charge in [-0.15, -0.1) is 0 Å². The zero-order chi connectivity index (χ0) is 31.3. The number of anilines is 2. The summed E-state index contributed by atoms with van der Waals surface area (Å²) in [6.45, 7) is 7.23. The number of fused-ring (bicyclic) bond motifs is 1. The van der Waals surface area contributed by atoms with Crippen molar-refractivity contribution in [2.24, 2.45) is 11.0 Å². The minimum atomic E-state index is -1.23. The molecule has 2 aliphatic heterocycles. The maximum Gasteiger partial charge on any atom is 0.359 e. The van der Waals surface area contributed by atoms with Crippen LogP contribution in [0.4, 0.5) is 11.4 Å². The lowest BCUT2D eigenvalue weighted by molar-refractivity contribution is -0.121. The van der Waals surface area contributed by atoms with E-state index in [1.807, 2.05) is 38.1 Å². The highest BCUT2D eigenvalue weighted by Crippen LogP contribution is 2.39. The number of aromatic nitrogens is 2. The quantitative estimate of drug-likeness (QED) is 0.160. The van der Waals surface area contributed by atoms with Crippen molar-refractivity contribution < 1.29 is 23.9 Å². The lowest BCUT2D eigenvalue weighted by Crippen LogP contribution is -2.39. The lowest BCUT2D eigenvalue weighted by atomic mass is 9.91. The number of esters is 1. The van der Waals surface area contributed by atoms with Crippen LogP contribution < -0.4 is 9.91 Å². The van der Waals surface area contributed by atoms with Crippen molar-refractivity contribution in [1.82, 2.24) is 9.78 Å². The molecule has 0 radical (unpaired) electrons. The number of amides is 2. The molecule has 2 amide bonds. The van der Waals surface area contributed by atoms with Gasteiger partial charge in [0, 0.05) is 5.02 Å². The summed E-state index contributed by atoms with van der Waals surface area (Å²) in [5.74, 6) is -3.83. The lowest BCUT2D eigenvalue weighted by Gasteiger charge is -2.22. The van der Waals surface area contributed by atoms with E-state index < -0.39 is 35.5 Å². The third kappa shape index (κ3) is 4.77. The molecular formula is C33H28ClN5O5. The number of hydrazone groups is 1. The standard InChI is InChI=1S/C33H28ClN5O5/c1-5-44-33(43)28-25(20(4)38(36-28)23-14-8-19(3)9-15-23)30(40)27-26-29(39(35-27)24-16-10-21(34)11-17-24)32(42)37(31(26)41)22-12-6-18(2)7-13-22/h6-17,26,29H,5H2,1-4H3. The topological polar surface area (TPSA) is 114 Å². The Bertz CT molecular complexity index is 1850. The van der Waals surface area contributed by atoms with Gasteiger partial charge in [-0.25, -0.2) is 14.4 Å². The molecule has 1 aromatic heterocycles. The number of imide groups is 1. The third-order valence-corrected chi connectivity index (χ3v) is 8.01. The van der Waals surface area contributed by atoms with Gasteiger partial charge in [0.1, 0.15) is 17.7 Å². The van der Waals surface area contributed by atoms with Crippen LogP contribution in [0.3, 0.4) is 0 Å². The molecule has 0 N–H and O–H groups in total. The first-order valence-corrected chi connectivity index (χ1v) is 14.4. The number of carbonyl (C=O) groups excluding carboxylic acids is 4. The predicted molar refractivity (Wildman–Crippen MR) is 166 cm³/mol. The van der Waals surface area contributed by atoms with Crippen molar-refractivity contribution in [2.75, 3.05) is 16.5 Å². The van der Waals surface area contributed by atoms with E-state index in [1.54, 1.807) is 62.4 Å². The number of ether oxygens (including phenoxy) is 1. The molecular weight excluding hydrogens is 582 g/mol. The fourth-order valence-electron chi connectivity index (χ4n) is 5.54. The summed E-state index contributed by atoms with van der Waals surface area (Å²) in [5, 5.41) is 10.9. The van der Waals surface area contributed by atoms with Crippen molar-refractivity contribution in [3.05, 3.63) is 106 Å². The number of aryl methyl sites for hydroxylation is 2. The van der Waals surface area contributed by atoms with Crippen molar-refractivity contribution in [3.8, 4) is 5.69 Å². The van der Waals surface area contributed by atoms with Crippen molar-refractivity contribution in [2.45, 2.75) is 33.7 Å². The zero-order valence-corrected chi connectivity index (χ0v) is 25.2. The van der Waals surface area contributed by atoms with E-state index in [-0.39, 0.29) is 23.6 Å². The average Bonchev–Trinajstić information content (AvgIpc) is 3.65. The Hall–Kier alpha value is -5.09. The number of ketones is 1. The Morgan fingerprint density at radius 1 is 0.818 bits per heavy atom. The number of Topliss-reactive ketones (excluding diaryl/α,β-unsaturated/α-hetero) is 1. The second-order valence-electron chi connectivity index (χ2n) is 10.7. The van der Waals surface area contributed by atoms with Gasteiger partial charge < -0.3 is 4.74 Å². The van der Waals surface area contributed by atoms with Crippen LogP contribution in [-0.2, 0) is 14.3 Å². The smallest absolute Gasteiger partial charge is 0.359 e. The molecule has 222 valence electrons. The van der Waals surface area contributed by atoms with Crippen molar-refractivity contribution in [3.63, 3.8) is 0 Å². The number of rotatable bonds is 7. The number of carbonyl (C=O) groups is 4. The molecule has 3 aromatic carbocycles. The Labute approximate surface area is 258 Å². The molecule has 1 fully saturated rings. The first-order chi connectivity index (χ1) is 21.1. The Morgan fingerprint density at radius 2 is 1.39 bits per heavy atom. The summed E-state index contributed by atoms with van der Waals surface area (Å²) in [5.41, 5.74) is 3.41. The Morgan fingerprint density at radius 3 is 1.98 bits per heavy atom. The van der Waals surface area contributed by atoms with Gasteiger partial charge in [-0.3, -0.25) is 19.4 Å². The van der Waals surface area contributed by atoms with Gasteiger partial charge in [0.15, 0.2) is 5.69 Å². The van der Waals surface area contributed by atoms with Crippen LogP contribution in [0, 0.1) is 26.7 Å². The molecule has 4 aromatic rings. The van der Waals surface area contributed by atoms with Crippen LogP contribution in [0.5, 0.6) is 0 Å². The van der Waals surface area contributed by atoms with Gasteiger partial charge in [0.2, 0.25) is 11.7 Å². The van der Waals surface area contributed by atoms with E-state index in [0.717, 1.165) is 16.0 Å². The molecule has 1 saturated heterocycles. The number of halogens is 1. The van der Waals surface area contributed by atoms with Gasteiger partial charge in [-0.05, 0) is 76.2 Å². The summed E-state index contributed by atoms with van der Waals surface area (Å²) >= 11 is 6.12. The highest BCUT2D eigenvalue weighted by molar-refractivity contribution is 6.54. The fourth-order valence-corrected chi connectivity index (χ4v) is 5.67. The van der Waals surface area contributed by atoms with E-state index in [4.69, 9.17) is 16.3 Å². The molecule has 2 aliphatic rings. The minimum Gasteiger partial charge on any atom is -0.461 e. The second-order valence-corrected chi connectivity index (χ2v) is 11.1. The van der Waals surface area contributed by atoms with Crippen LogP contribution >= 0.6 is 11.6 Å². The number of nitrogens with zero attached hydrogens (tertiary/aromatic N) is 5. The molecule has 10 nitrogen and oxygen atoms in total. The summed E-state index contributed by atoms with van der Waals surface area (Å²) < 4.78 is 6.75. The van der Waals surface area contributed by atoms with Crippen LogP contribution in [0.1, 0.15) is 44.6 Å². The fraction of sp³-hybridized carbons (Fsp3) is 0.212. The summed E-state index contributed by atoms with van der Waals surface area (Å²) in [4.78, 5) is 56.7. The summed E-state index contributed by atoms with van der Waals surface area (Å²) in [7, 11) is 0. The normalized spacial score (nSPS) is 17.6. The monoisotopic (exact) mass is 609 g/mol. The van der Waals surface area contributed by atoms with Crippen LogP contribution in [0.15, 0.2) is 77.9 Å². The van der Waals surface area contributed by atoms with Gasteiger partial charge in [0.05, 0.1) is 34.9 Å². The molecule has 0 bridgehead atoms. The van der Waals surface area contributed by atoms with Crippen LogP contribution in [0.2, 0.25) is 5.02 Å². The van der Waals surface area contributed by atoms with E-state index in [2.05, 4.69) is 10.2 Å². The molecule has 0 aliphatic carbocycles. The molecule has 6 rings (SSSR count). The first kappa shape index (κ1) is 29.0. The molecule has 2 unspecified atom stereocenters. The van der Waals surface area contributed by atoms with Gasteiger partial charge in [-0.2, -0.15) is 10.2 Å². The highest BCUT2D eigenvalue weighted by Gasteiger charge is 2.59. The molecule has 0 saturated carbocycles. The van der Waals surface area contributed by atoms with Crippen molar-refractivity contribution >= 4 is 52.3 Å². The number of benzene rings is 3. The average molecular weight is 610 g/mol. The molecule has 0 spiro atoms. The number of hydrogen-bond donors (Lipinski definition) is 0. The minimum absolute atomic E-state index is 0.0477. The predicted octanol–water partition coefficient (Wildman–Crippen LogP) is 5.24. The first-order valence-electron chi connectivity index (χ1n) is 14.1. The SMILES string of the molecule is CCOC(=O)c1nn(-c2ccc(C)cc2)c(C)c1C(=O)C1=NN(c2ccc(Cl)cc2)C2C(=O)N(c3ccc(C)cc3)C(=O)C12. The van der Waals surface area contributed by atoms with Crippen LogP contribution in [0.25, 0.3) is 5.69 Å². The van der Waals surface area contributed by atoms with E-state index in [0.29, 0.717) is 27.8 Å². The van der Waals surface area contributed by atoms with E-state index in [9.17, 15) is 19.2 Å². The van der Waals surface area contributed by atoms with Crippen molar-refractivity contribution in [1.29, 1.82) is 0 Å². The maximum absolute atomic E-state index is 14.5. The molecule has 44 heavy (non-hydrogen) atoms. The largest absolute Gasteiger partial charge is 0.461 e. The number of hydrogen-bond acceptors (Lipinski definition) is 8. The Balaban J connectivity index is 1.50. The second kappa shape index (κ2) is 11.2. The van der Waals surface area contributed by atoms with Gasteiger partial charge in [-0.1, -0.05) is 47.0 Å². The van der Waals surface area contributed by atoms with Crippen LogP contribution in [-0.4, -0.2) is 51.7 Å². The van der Waals surface area contributed by atoms with E-state index in [1.165, 1.54) is 9.69 Å². The van der Waals surface area contributed by atoms with Gasteiger partial charge >= 0.3 is 5.97 Å². The maximum atomic E-state index is 14.5. The molecule has 3 heterocycles. The molecule has 11 heteroatoms. The molecule has 2 atom stereocenters. The Kier molecular flexibility index (Phi) is 7.38. The zero-order valence-electron chi connectivity index (χ0n) is 24.4. The van der Waals surface area contributed by atoms with Gasteiger partial charge in [0.25, 0.3) is 5.91 Å². The summed E-state index contributed by atoms with van der Waals surface area (Å²) in [6.07, 6.45) is 0. The third-order valence-electron chi connectivity index (χ3n) is 7.76. The highest BCUT2D eigenvalue weighted by atomic mass is 35.5. The van der Waals surface area contributed by atoms with E-state index >= 15 is 0 Å².